The van der Waals surface area contributed by atoms with Gasteiger partial charge in [0.1, 0.15) is 0 Å². The predicted octanol–water partition coefficient (Wildman–Crippen LogP) is 8.43. The summed E-state index contributed by atoms with van der Waals surface area (Å²) in [7, 11) is 0. The summed E-state index contributed by atoms with van der Waals surface area (Å²) < 4.78 is 6.86. The lowest BCUT2D eigenvalue weighted by Crippen LogP contribution is -2.66. The van der Waals surface area contributed by atoms with Gasteiger partial charge in [0.2, 0.25) is 0 Å². The van der Waals surface area contributed by atoms with Crippen LogP contribution in [0.2, 0.25) is 0 Å². The smallest absolute Gasteiger partial charge is 0.312 e. The largest absolute Gasteiger partial charge is 0.481 e. The van der Waals surface area contributed by atoms with Crippen molar-refractivity contribution in [2.45, 2.75) is 125 Å². The van der Waals surface area contributed by atoms with Crippen LogP contribution in [0.15, 0.2) is 42.0 Å². The average molecular weight is 563 g/mol. The van der Waals surface area contributed by atoms with E-state index in [0.29, 0.717) is 24.9 Å². The molecule has 41 heavy (non-hydrogen) atoms. The molecule has 1 aromatic rings. The van der Waals surface area contributed by atoms with Crippen LogP contribution in [-0.2, 0) is 16.1 Å². The number of allylic oxidation sites excluding steroid dienone is 2. The average Bonchev–Trinajstić information content (AvgIpc) is 2.91. The van der Waals surface area contributed by atoms with Gasteiger partial charge >= 0.3 is 5.97 Å². The van der Waals surface area contributed by atoms with E-state index in [2.05, 4.69) is 78.0 Å². The number of aliphatic carboxylic acids is 1. The molecule has 10 atom stereocenters. The number of carbonyl (C=O) groups is 1. The Labute approximate surface area is 248 Å². The summed E-state index contributed by atoms with van der Waals surface area (Å²) in [4.78, 5) is 12.7. The molecule has 2 unspecified atom stereocenters. The first kappa shape index (κ1) is 29.4. The Morgan fingerprint density at radius 1 is 0.878 bits per heavy atom. The van der Waals surface area contributed by atoms with Crippen molar-refractivity contribution in [3.8, 4) is 0 Å². The number of hydrogen-bond donors (Lipinski definition) is 2. The van der Waals surface area contributed by atoms with Gasteiger partial charge in [-0.2, -0.15) is 0 Å². The summed E-state index contributed by atoms with van der Waals surface area (Å²) in [6, 6.07) is 10.6. The monoisotopic (exact) mass is 562 g/mol. The van der Waals surface area contributed by atoms with Crippen molar-refractivity contribution < 1.29 is 19.7 Å². The first-order valence-electron chi connectivity index (χ1n) is 16.4. The molecule has 0 amide bonds. The number of hydrogen-bond acceptors (Lipinski definition) is 3. The Bertz CT molecular complexity index is 1220. The van der Waals surface area contributed by atoms with Gasteiger partial charge < -0.3 is 14.9 Å². The standard InChI is InChI=1S/C37H54O4/c1-32(2)21-26-25-13-14-27-34(4)17-16-29(38)37(7,31(39)40)28(34)15-18-36(27,6)35(25,5)20-19-33(26,3)30(22-32)41-23-24-11-9-8-10-12-24/h8-13,26-30,38H,14-23H2,1-7H3,(H,39,40)/t26-,27?,28?,29-,30+,33+,34+,35+,36+,37+/m0/s1. The van der Waals surface area contributed by atoms with Gasteiger partial charge in [-0.1, -0.05) is 83.5 Å². The van der Waals surface area contributed by atoms with Crippen LogP contribution in [-0.4, -0.2) is 28.4 Å². The molecule has 1 aromatic carbocycles. The second-order valence-electron chi connectivity index (χ2n) is 16.9. The van der Waals surface area contributed by atoms with E-state index in [-0.39, 0.29) is 39.1 Å². The highest BCUT2D eigenvalue weighted by molar-refractivity contribution is 5.76. The lowest BCUT2D eigenvalue weighted by molar-refractivity contribution is -0.220. The fraction of sp³-hybridized carbons (Fsp3) is 0.757. The number of aliphatic hydroxyl groups is 1. The summed E-state index contributed by atoms with van der Waals surface area (Å²) in [5.41, 5.74) is 2.34. The Morgan fingerprint density at radius 2 is 1.59 bits per heavy atom. The van der Waals surface area contributed by atoms with Gasteiger partial charge in [-0.3, -0.25) is 4.79 Å². The Balaban J connectivity index is 1.36. The highest BCUT2D eigenvalue weighted by Gasteiger charge is 2.70. The molecule has 0 bridgehead atoms. The highest BCUT2D eigenvalue weighted by Crippen LogP contribution is 2.75. The van der Waals surface area contributed by atoms with Crippen LogP contribution in [0.3, 0.4) is 0 Å². The first-order valence-corrected chi connectivity index (χ1v) is 16.4. The zero-order chi connectivity index (χ0) is 29.6. The van der Waals surface area contributed by atoms with E-state index >= 15 is 0 Å². The minimum absolute atomic E-state index is 0.00566. The lowest BCUT2D eigenvalue weighted by Gasteiger charge is -2.71. The minimum Gasteiger partial charge on any atom is -0.481 e. The molecule has 0 heterocycles. The normalized spacial score (nSPS) is 48.6. The van der Waals surface area contributed by atoms with Gasteiger partial charge in [-0.25, -0.2) is 0 Å². The quantitative estimate of drug-likeness (QED) is 0.362. The SMILES string of the molecule is CC1(C)C[C@@H](OCc2ccccc2)[C@]2(C)CC[C@]3(C)C(=CCC4[C@@]5(C)CC[C@H](O)[C@](C)(C(=O)O)C5CC[C@]43C)[C@@H]2C1. The lowest BCUT2D eigenvalue weighted by atomic mass is 9.33. The summed E-state index contributed by atoms with van der Waals surface area (Å²) in [5, 5.41) is 21.4. The van der Waals surface area contributed by atoms with Gasteiger partial charge in [0.15, 0.2) is 0 Å². The molecule has 4 heteroatoms. The van der Waals surface area contributed by atoms with E-state index in [1.54, 1.807) is 5.57 Å². The van der Waals surface area contributed by atoms with Gasteiger partial charge in [-0.05, 0) is 110 Å². The van der Waals surface area contributed by atoms with Crippen LogP contribution in [0.25, 0.3) is 0 Å². The van der Waals surface area contributed by atoms with Crippen molar-refractivity contribution in [3.05, 3.63) is 47.5 Å². The highest BCUT2D eigenvalue weighted by atomic mass is 16.5. The number of rotatable bonds is 4. The van der Waals surface area contributed by atoms with Crippen molar-refractivity contribution in [2.75, 3.05) is 0 Å². The minimum atomic E-state index is -1.07. The van der Waals surface area contributed by atoms with Crippen molar-refractivity contribution in [1.82, 2.24) is 0 Å². The van der Waals surface area contributed by atoms with E-state index < -0.39 is 17.5 Å². The fourth-order valence-corrected chi connectivity index (χ4v) is 11.6. The van der Waals surface area contributed by atoms with Crippen LogP contribution < -0.4 is 0 Å². The van der Waals surface area contributed by atoms with Gasteiger partial charge in [0.05, 0.1) is 24.2 Å². The fourth-order valence-electron chi connectivity index (χ4n) is 11.6. The number of ether oxygens (including phenoxy) is 1. The topological polar surface area (TPSA) is 66.8 Å². The molecule has 4 fully saturated rings. The molecule has 2 N–H and O–H groups in total. The van der Waals surface area contributed by atoms with E-state index in [1.807, 2.05) is 6.92 Å². The zero-order valence-electron chi connectivity index (χ0n) is 26.6. The van der Waals surface area contributed by atoms with E-state index in [4.69, 9.17) is 4.74 Å². The molecule has 5 aliphatic carbocycles. The number of aliphatic hydroxyl groups excluding tert-OH is 1. The van der Waals surface area contributed by atoms with Crippen molar-refractivity contribution >= 4 is 5.97 Å². The maximum absolute atomic E-state index is 12.7. The maximum atomic E-state index is 12.7. The first-order chi connectivity index (χ1) is 19.1. The van der Waals surface area contributed by atoms with Crippen molar-refractivity contribution in [2.24, 2.45) is 50.2 Å². The molecule has 226 valence electrons. The summed E-state index contributed by atoms with van der Waals surface area (Å²) in [6.07, 6.45) is 11.2. The van der Waals surface area contributed by atoms with E-state index in [0.717, 1.165) is 32.1 Å². The summed E-state index contributed by atoms with van der Waals surface area (Å²) in [6.45, 7) is 17.4. The Kier molecular flexibility index (Phi) is 6.76. The second-order valence-corrected chi connectivity index (χ2v) is 16.9. The number of carboxylic acid groups (broad SMARTS) is 1. The molecule has 4 saturated carbocycles. The molecule has 5 aliphatic rings. The number of benzene rings is 1. The summed E-state index contributed by atoms with van der Waals surface area (Å²) >= 11 is 0. The third kappa shape index (κ3) is 4.01. The molecule has 0 aromatic heterocycles. The van der Waals surface area contributed by atoms with Gasteiger partial charge in [0, 0.05) is 5.41 Å². The van der Waals surface area contributed by atoms with Crippen LogP contribution >= 0.6 is 0 Å². The van der Waals surface area contributed by atoms with Crippen molar-refractivity contribution in [3.63, 3.8) is 0 Å². The van der Waals surface area contributed by atoms with Crippen LogP contribution in [0.5, 0.6) is 0 Å². The molecule has 0 spiro atoms. The Morgan fingerprint density at radius 3 is 2.27 bits per heavy atom. The summed E-state index contributed by atoms with van der Waals surface area (Å²) in [5.74, 6) is 0.125. The van der Waals surface area contributed by atoms with E-state index in [9.17, 15) is 15.0 Å². The number of carboxylic acids is 1. The van der Waals surface area contributed by atoms with Gasteiger partial charge in [0.25, 0.3) is 0 Å². The molecule has 4 nitrogen and oxygen atoms in total. The maximum Gasteiger partial charge on any atom is 0.312 e. The van der Waals surface area contributed by atoms with E-state index in [1.165, 1.54) is 24.8 Å². The van der Waals surface area contributed by atoms with Crippen LogP contribution in [0.1, 0.15) is 112 Å². The van der Waals surface area contributed by atoms with Crippen LogP contribution in [0, 0.1) is 50.2 Å². The zero-order valence-corrected chi connectivity index (χ0v) is 26.6. The Hall–Kier alpha value is -1.65. The third-order valence-corrected chi connectivity index (χ3v) is 14.5. The third-order valence-electron chi connectivity index (χ3n) is 14.5. The number of fused-ring (bicyclic) bond motifs is 7. The predicted molar refractivity (Wildman–Crippen MR) is 163 cm³/mol. The van der Waals surface area contributed by atoms with Gasteiger partial charge in [-0.15, -0.1) is 0 Å². The second kappa shape index (κ2) is 9.42. The molecule has 0 aliphatic heterocycles. The van der Waals surface area contributed by atoms with Crippen molar-refractivity contribution in [1.29, 1.82) is 0 Å². The van der Waals surface area contributed by atoms with Crippen LogP contribution in [0.4, 0.5) is 0 Å². The molecule has 0 radical (unpaired) electrons. The molecule has 6 rings (SSSR count). The molecular weight excluding hydrogens is 508 g/mol. The molecule has 0 saturated heterocycles. The molecular formula is C37H54O4.